The molecule has 136 valence electrons. The maximum absolute atomic E-state index is 11.6. The summed E-state index contributed by atoms with van der Waals surface area (Å²) >= 11 is 0. The van der Waals surface area contributed by atoms with Crippen molar-refractivity contribution in [3.8, 4) is 0 Å². The molecular weight excluding hydrogens is 302 g/mol. The summed E-state index contributed by atoms with van der Waals surface area (Å²) in [5.74, 6) is 0.885. The van der Waals surface area contributed by atoms with Gasteiger partial charge in [0.1, 0.15) is 0 Å². The third kappa shape index (κ3) is 12.1. The van der Waals surface area contributed by atoms with E-state index in [2.05, 4.69) is 19.2 Å². The van der Waals surface area contributed by atoms with Crippen molar-refractivity contribution >= 4 is 5.91 Å². The molecule has 0 aliphatic heterocycles. The van der Waals surface area contributed by atoms with Crippen LogP contribution in [0.25, 0.3) is 0 Å². The molecule has 0 heterocycles. The minimum absolute atomic E-state index is 0.128. The van der Waals surface area contributed by atoms with Crippen LogP contribution in [-0.4, -0.2) is 32.3 Å². The van der Waals surface area contributed by atoms with Gasteiger partial charge in [-0.1, -0.05) is 63.4 Å². The quantitative estimate of drug-likeness (QED) is 0.524. The van der Waals surface area contributed by atoms with Crippen LogP contribution < -0.4 is 5.32 Å². The lowest BCUT2D eigenvalue weighted by atomic mass is 10.0. The van der Waals surface area contributed by atoms with Crippen LogP contribution in [0.2, 0.25) is 0 Å². The van der Waals surface area contributed by atoms with Crippen LogP contribution >= 0.6 is 0 Å². The van der Waals surface area contributed by atoms with E-state index in [-0.39, 0.29) is 5.91 Å². The van der Waals surface area contributed by atoms with Gasteiger partial charge in [0.2, 0.25) is 5.91 Å². The van der Waals surface area contributed by atoms with E-state index < -0.39 is 0 Å². The minimum Gasteiger partial charge on any atom is -0.377 e. The van der Waals surface area contributed by atoms with Gasteiger partial charge in [-0.2, -0.15) is 0 Å². The Bertz CT molecular complexity index is 420. The first-order valence-electron chi connectivity index (χ1n) is 9.14. The van der Waals surface area contributed by atoms with E-state index in [1.54, 1.807) is 0 Å². The molecule has 0 aromatic heterocycles. The predicted molar refractivity (Wildman–Crippen MR) is 97.8 cm³/mol. The van der Waals surface area contributed by atoms with E-state index in [0.717, 1.165) is 24.3 Å². The Morgan fingerprint density at radius 2 is 1.75 bits per heavy atom. The molecule has 24 heavy (non-hydrogen) atoms. The molecule has 0 spiro atoms. The smallest absolute Gasteiger partial charge is 0.220 e. The standard InChI is InChI=1S/C20H33NO3/c1-18(2)9-5-3-8-12-20(22)21-13-14-23-15-16-24-17-19-10-6-4-7-11-19/h4,6-7,10-11,18H,3,5,8-9,12-17H2,1-2H3,(H,21,22). The highest BCUT2D eigenvalue weighted by atomic mass is 16.5. The predicted octanol–water partition coefficient (Wildman–Crippen LogP) is 3.94. The lowest BCUT2D eigenvalue weighted by Crippen LogP contribution is -2.27. The number of unbranched alkanes of at least 4 members (excludes halogenated alkanes) is 2. The van der Waals surface area contributed by atoms with Crippen LogP contribution in [0.15, 0.2) is 30.3 Å². The molecule has 0 aliphatic carbocycles. The van der Waals surface area contributed by atoms with E-state index in [9.17, 15) is 4.79 Å². The second-order valence-corrected chi connectivity index (χ2v) is 6.49. The Labute approximate surface area is 146 Å². The summed E-state index contributed by atoms with van der Waals surface area (Å²) in [5, 5.41) is 2.89. The number of benzene rings is 1. The molecule has 4 heteroatoms. The number of rotatable bonds is 14. The largest absolute Gasteiger partial charge is 0.377 e. The van der Waals surface area contributed by atoms with Crippen molar-refractivity contribution in [2.24, 2.45) is 5.92 Å². The van der Waals surface area contributed by atoms with E-state index in [0.29, 0.717) is 39.4 Å². The van der Waals surface area contributed by atoms with E-state index in [1.807, 2.05) is 30.3 Å². The zero-order valence-electron chi connectivity index (χ0n) is 15.3. The molecular formula is C20H33NO3. The molecule has 0 saturated carbocycles. The number of hydrogen-bond donors (Lipinski definition) is 1. The van der Waals surface area contributed by atoms with E-state index in [4.69, 9.17) is 9.47 Å². The molecule has 0 saturated heterocycles. The van der Waals surface area contributed by atoms with Crippen molar-refractivity contribution in [2.75, 3.05) is 26.4 Å². The van der Waals surface area contributed by atoms with Gasteiger partial charge in [-0.25, -0.2) is 0 Å². The van der Waals surface area contributed by atoms with Crippen molar-refractivity contribution < 1.29 is 14.3 Å². The SMILES string of the molecule is CC(C)CCCCCC(=O)NCCOCCOCc1ccccc1. The molecule has 0 bridgehead atoms. The fourth-order valence-corrected chi connectivity index (χ4v) is 2.35. The van der Waals surface area contributed by atoms with Crippen LogP contribution in [0.4, 0.5) is 0 Å². The fraction of sp³-hybridized carbons (Fsp3) is 0.650. The summed E-state index contributed by atoms with van der Waals surface area (Å²) in [4.78, 5) is 11.6. The van der Waals surface area contributed by atoms with Gasteiger partial charge in [0, 0.05) is 13.0 Å². The molecule has 1 rings (SSSR count). The second kappa shape index (κ2) is 14.0. The number of hydrogen-bond acceptors (Lipinski definition) is 3. The van der Waals surface area contributed by atoms with Gasteiger partial charge in [-0.15, -0.1) is 0 Å². The molecule has 1 aromatic rings. The molecule has 0 atom stereocenters. The molecule has 1 aromatic carbocycles. The maximum Gasteiger partial charge on any atom is 0.220 e. The molecule has 1 N–H and O–H groups in total. The highest BCUT2D eigenvalue weighted by Gasteiger charge is 2.01. The lowest BCUT2D eigenvalue weighted by molar-refractivity contribution is -0.121. The summed E-state index contributed by atoms with van der Waals surface area (Å²) in [5.41, 5.74) is 1.16. The fourth-order valence-electron chi connectivity index (χ4n) is 2.35. The number of ether oxygens (including phenoxy) is 2. The zero-order chi connectivity index (χ0) is 17.5. The van der Waals surface area contributed by atoms with Crippen LogP contribution in [-0.2, 0) is 20.9 Å². The minimum atomic E-state index is 0.128. The molecule has 0 fully saturated rings. The third-order valence-corrected chi connectivity index (χ3v) is 3.74. The van der Waals surface area contributed by atoms with Gasteiger partial charge >= 0.3 is 0 Å². The summed E-state index contributed by atoms with van der Waals surface area (Å²) in [6, 6.07) is 10.1. The Hall–Kier alpha value is -1.39. The normalized spacial score (nSPS) is 11.0. The van der Waals surface area contributed by atoms with Crippen LogP contribution in [0, 0.1) is 5.92 Å². The van der Waals surface area contributed by atoms with Gasteiger partial charge in [-0.05, 0) is 17.9 Å². The van der Waals surface area contributed by atoms with E-state index in [1.165, 1.54) is 12.8 Å². The van der Waals surface area contributed by atoms with Gasteiger partial charge in [0.25, 0.3) is 0 Å². The highest BCUT2D eigenvalue weighted by molar-refractivity contribution is 5.75. The van der Waals surface area contributed by atoms with Crippen molar-refractivity contribution in [1.29, 1.82) is 0 Å². The van der Waals surface area contributed by atoms with Gasteiger partial charge < -0.3 is 14.8 Å². The first kappa shape index (κ1) is 20.7. The summed E-state index contributed by atoms with van der Waals surface area (Å²) in [7, 11) is 0. The van der Waals surface area contributed by atoms with Crippen LogP contribution in [0.1, 0.15) is 51.5 Å². The molecule has 1 amide bonds. The second-order valence-electron chi connectivity index (χ2n) is 6.49. The number of carbonyl (C=O) groups is 1. The van der Waals surface area contributed by atoms with Crippen molar-refractivity contribution in [2.45, 2.75) is 52.6 Å². The Balaban J connectivity index is 1.83. The third-order valence-electron chi connectivity index (χ3n) is 3.74. The molecule has 0 aliphatic rings. The summed E-state index contributed by atoms with van der Waals surface area (Å²) < 4.78 is 11.0. The first-order valence-corrected chi connectivity index (χ1v) is 9.14. The maximum atomic E-state index is 11.6. The Kier molecular flexibility index (Phi) is 12.0. The van der Waals surface area contributed by atoms with Gasteiger partial charge in [-0.3, -0.25) is 4.79 Å². The summed E-state index contributed by atoms with van der Waals surface area (Å²) in [6.07, 6.45) is 5.21. The monoisotopic (exact) mass is 335 g/mol. The number of nitrogens with one attached hydrogen (secondary N) is 1. The average molecular weight is 335 g/mol. The van der Waals surface area contributed by atoms with Crippen molar-refractivity contribution in [3.63, 3.8) is 0 Å². The van der Waals surface area contributed by atoms with Gasteiger partial charge in [0.15, 0.2) is 0 Å². The van der Waals surface area contributed by atoms with Gasteiger partial charge in [0.05, 0.1) is 26.4 Å². The van der Waals surface area contributed by atoms with Crippen molar-refractivity contribution in [3.05, 3.63) is 35.9 Å². The van der Waals surface area contributed by atoms with Crippen LogP contribution in [0.5, 0.6) is 0 Å². The number of carbonyl (C=O) groups excluding carboxylic acids is 1. The topological polar surface area (TPSA) is 47.6 Å². The zero-order valence-corrected chi connectivity index (χ0v) is 15.3. The molecule has 4 nitrogen and oxygen atoms in total. The lowest BCUT2D eigenvalue weighted by Gasteiger charge is -2.08. The summed E-state index contributed by atoms with van der Waals surface area (Å²) in [6.45, 7) is 7.31. The Morgan fingerprint density at radius 1 is 1.00 bits per heavy atom. The average Bonchev–Trinajstić information content (AvgIpc) is 2.57. The highest BCUT2D eigenvalue weighted by Crippen LogP contribution is 2.09. The Morgan fingerprint density at radius 3 is 2.50 bits per heavy atom. The first-order chi connectivity index (χ1) is 11.7. The molecule has 0 unspecified atom stereocenters. The molecule has 0 radical (unpaired) electrons. The van der Waals surface area contributed by atoms with Crippen LogP contribution in [0.3, 0.4) is 0 Å². The number of amides is 1. The van der Waals surface area contributed by atoms with E-state index >= 15 is 0 Å². The van der Waals surface area contributed by atoms with Crippen molar-refractivity contribution in [1.82, 2.24) is 5.32 Å².